The highest BCUT2D eigenvalue weighted by Crippen LogP contribution is 2.48. The number of aromatic nitrogens is 4. The Balaban J connectivity index is 0.970. The summed E-state index contributed by atoms with van der Waals surface area (Å²) in [6.07, 6.45) is 4.01. The van der Waals surface area contributed by atoms with E-state index in [1.807, 2.05) is 35.9 Å². The Bertz CT molecular complexity index is 3460. The van der Waals surface area contributed by atoms with Gasteiger partial charge in [-0.1, -0.05) is 96.3 Å². The molecule has 6 nitrogen and oxygen atoms in total. The SMILES string of the molecule is CC1(C)N=C(c2ccc(-c3ccc4c(c3)c3cc(-c5ccc6c(c5)c5cc(-c7ccc(C8=NC(C)(C)C(C)(C)S8)nc7)ccc5n6-c5ccccc5)ccc3n4-c3ccccc3)cn2)SC1(C)C. The standard InChI is InChI=1S/C60H52N6S2/c1-57(2)59(5,6)67-55(63-57)49-25-19-41(35-61-49)39-23-29-53-47(33-39)45-31-37(21-27-51(45)65(53)43-15-11-9-12-16-43)38-22-28-52-46(32-38)48-34-40(24-30-54(48)66(52)44-17-13-10-14-18-44)42-20-26-50(62-36-42)56-64-58(3,4)60(7,8)68-56/h9-36H,1-8H3. The zero-order chi connectivity index (χ0) is 46.7. The Morgan fingerprint density at radius 1 is 0.353 bits per heavy atom. The number of rotatable bonds is 7. The summed E-state index contributed by atoms with van der Waals surface area (Å²) in [7, 11) is 0. The molecular formula is C60H52N6S2. The first-order valence-electron chi connectivity index (χ1n) is 23.4. The van der Waals surface area contributed by atoms with E-state index in [1.165, 1.54) is 43.7 Å². The van der Waals surface area contributed by atoms with Crippen molar-refractivity contribution in [3.05, 3.63) is 182 Å². The average Bonchev–Trinajstić information content (AvgIpc) is 3.99. The quantitative estimate of drug-likeness (QED) is 0.160. The highest BCUT2D eigenvalue weighted by molar-refractivity contribution is 8.16. The minimum atomic E-state index is -0.160. The summed E-state index contributed by atoms with van der Waals surface area (Å²) in [5.74, 6) is 0. The van der Waals surface area contributed by atoms with E-state index < -0.39 is 0 Å². The van der Waals surface area contributed by atoms with Crippen LogP contribution in [0.1, 0.15) is 66.8 Å². The van der Waals surface area contributed by atoms with Crippen LogP contribution in [0, 0.1) is 0 Å². The Hall–Kier alpha value is -6.74. The van der Waals surface area contributed by atoms with E-state index in [9.17, 15) is 0 Å². The molecule has 12 rings (SSSR count). The van der Waals surface area contributed by atoms with Crippen LogP contribution >= 0.6 is 23.5 Å². The van der Waals surface area contributed by atoms with E-state index in [0.29, 0.717) is 0 Å². The summed E-state index contributed by atoms with van der Waals surface area (Å²) in [6, 6.07) is 57.6. The summed E-state index contributed by atoms with van der Waals surface area (Å²) >= 11 is 3.63. The van der Waals surface area contributed by atoms with Gasteiger partial charge in [-0.3, -0.25) is 20.0 Å². The van der Waals surface area contributed by atoms with Crippen molar-refractivity contribution in [2.24, 2.45) is 9.98 Å². The molecule has 0 N–H and O–H groups in total. The molecule has 0 saturated carbocycles. The molecule has 8 heteroatoms. The van der Waals surface area contributed by atoms with Gasteiger partial charge in [-0.2, -0.15) is 0 Å². The van der Waals surface area contributed by atoms with Gasteiger partial charge in [-0.15, -0.1) is 0 Å². The Morgan fingerprint density at radius 2 is 0.662 bits per heavy atom. The maximum Gasteiger partial charge on any atom is 0.117 e. The van der Waals surface area contributed by atoms with Gasteiger partial charge in [-0.25, -0.2) is 0 Å². The van der Waals surface area contributed by atoms with Gasteiger partial charge < -0.3 is 9.13 Å². The molecule has 0 bridgehead atoms. The number of thioether (sulfide) groups is 2. The van der Waals surface area contributed by atoms with E-state index in [2.05, 4.69) is 222 Å². The molecule has 0 spiro atoms. The normalized spacial score (nSPS) is 17.1. The monoisotopic (exact) mass is 920 g/mol. The molecule has 0 radical (unpaired) electrons. The first kappa shape index (κ1) is 42.6. The minimum absolute atomic E-state index is 0.00213. The zero-order valence-corrected chi connectivity index (χ0v) is 41.3. The fourth-order valence-electron chi connectivity index (χ4n) is 9.63. The summed E-state index contributed by atoms with van der Waals surface area (Å²) < 4.78 is 4.78. The van der Waals surface area contributed by atoms with E-state index in [4.69, 9.17) is 20.0 Å². The van der Waals surface area contributed by atoms with E-state index in [0.717, 1.165) is 66.1 Å². The van der Waals surface area contributed by atoms with E-state index in [-0.39, 0.29) is 20.6 Å². The molecule has 2 aliphatic heterocycles. The Labute approximate surface area is 406 Å². The minimum Gasteiger partial charge on any atom is -0.309 e. The van der Waals surface area contributed by atoms with Gasteiger partial charge in [0.1, 0.15) is 10.1 Å². The molecule has 0 fully saturated rings. The Morgan fingerprint density at radius 3 is 0.941 bits per heavy atom. The number of benzene rings is 6. The third-order valence-electron chi connectivity index (χ3n) is 14.9. The van der Waals surface area contributed by atoms with Gasteiger partial charge in [0.25, 0.3) is 0 Å². The number of aliphatic imine (C=N–C) groups is 2. The average molecular weight is 921 g/mol. The summed E-state index contributed by atoms with van der Waals surface area (Å²) in [5.41, 5.74) is 15.2. The van der Waals surface area contributed by atoms with Crippen LogP contribution < -0.4 is 0 Å². The molecule has 4 aromatic heterocycles. The first-order chi connectivity index (χ1) is 32.6. The number of nitrogens with zero attached hydrogens (tertiary/aromatic N) is 6. The highest BCUT2D eigenvalue weighted by Gasteiger charge is 2.45. The Kier molecular flexibility index (Phi) is 9.64. The lowest BCUT2D eigenvalue weighted by atomic mass is 9.91. The van der Waals surface area contributed by atoms with Crippen LogP contribution in [0.2, 0.25) is 0 Å². The van der Waals surface area contributed by atoms with Gasteiger partial charge in [0.15, 0.2) is 0 Å². The van der Waals surface area contributed by atoms with Gasteiger partial charge in [0.05, 0.1) is 44.5 Å². The van der Waals surface area contributed by atoms with Crippen LogP contribution in [0.3, 0.4) is 0 Å². The molecule has 68 heavy (non-hydrogen) atoms. The lowest BCUT2D eigenvalue weighted by Gasteiger charge is -2.30. The third-order valence-corrected chi connectivity index (χ3v) is 17.9. The second kappa shape index (κ2) is 15.4. The number of para-hydroxylation sites is 2. The van der Waals surface area contributed by atoms with E-state index in [1.54, 1.807) is 0 Å². The molecule has 334 valence electrons. The summed E-state index contributed by atoms with van der Waals surface area (Å²) in [4.78, 5) is 20.1. The van der Waals surface area contributed by atoms with Crippen molar-refractivity contribution in [3.8, 4) is 44.8 Å². The predicted molar refractivity (Wildman–Crippen MR) is 292 cm³/mol. The van der Waals surface area contributed by atoms with E-state index >= 15 is 0 Å². The predicted octanol–water partition coefficient (Wildman–Crippen LogP) is 15.8. The smallest absolute Gasteiger partial charge is 0.117 e. The molecule has 0 atom stereocenters. The fraction of sp³-hybridized carbons (Fsp3) is 0.200. The maximum atomic E-state index is 5.08. The van der Waals surface area contributed by atoms with Crippen LogP contribution in [0.4, 0.5) is 0 Å². The summed E-state index contributed by atoms with van der Waals surface area (Å²) in [6.45, 7) is 17.9. The van der Waals surface area contributed by atoms with Crippen molar-refractivity contribution in [2.45, 2.75) is 76.0 Å². The van der Waals surface area contributed by atoms with Gasteiger partial charge in [0.2, 0.25) is 0 Å². The molecule has 0 amide bonds. The highest BCUT2D eigenvalue weighted by atomic mass is 32.2. The molecule has 10 aromatic rings. The van der Waals surface area contributed by atoms with Crippen LogP contribution in [0.25, 0.3) is 88.4 Å². The number of fused-ring (bicyclic) bond motifs is 6. The molecule has 0 unspecified atom stereocenters. The summed E-state index contributed by atoms with van der Waals surface area (Å²) in [5, 5.41) is 6.82. The largest absolute Gasteiger partial charge is 0.309 e. The van der Waals surface area contributed by atoms with Crippen molar-refractivity contribution >= 4 is 77.2 Å². The number of hydrogen-bond donors (Lipinski definition) is 0. The third kappa shape index (κ3) is 6.86. The van der Waals surface area contributed by atoms with Crippen molar-refractivity contribution in [1.29, 1.82) is 0 Å². The van der Waals surface area contributed by atoms with Crippen LogP contribution in [-0.4, -0.2) is 49.8 Å². The molecule has 6 heterocycles. The number of pyridine rings is 2. The van der Waals surface area contributed by atoms with Crippen molar-refractivity contribution in [3.63, 3.8) is 0 Å². The maximum absolute atomic E-state index is 5.08. The van der Waals surface area contributed by atoms with Crippen molar-refractivity contribution < 1.29 is 0 Å². The lowest BCUT2D eigenvalue weighted by Crippen LogP contribution is -2.36. The molecular weight excluding hydrogens is 869 g/mol. The van der Waals surface area contributed by atoms with Gasteiger partial charge in [0, 0.05) is 65.9 Å². The second-order valence-corrected chi connectivity index (χ2v) is 23.5. The molecule has 2 aliphatic rings. The van der Waals surface area contributed by atoms with Crippen molar-refractivity contribution in [2.75, 3.05) is 0 Å². The van der Waals surface area contributed by atoms with Crippen LogP contribution in [-0.2, 0) is 0 Å². The second-order valence-electron chi connectivity index (χ2n) is 20.3. The van der Waals surface area contributed by atoms with Gasteiger partial charge >= 0.3 is 0 Å². The van der Waals surface area contributed by atoms with Gasteiger partial charge in [-0.05, 0) is 163 Å². The topological polar surface area (TPSA) is 60.4 Å². The first-order valence-corrected chi connectivity index (χ1v) is 25.1. The molecule has 6 aromatic carbocycles. The lowest BCUT2D eigenvalue weighted by molar-refractivity contribution is 0.426. The van der Waals surface area contributed by atoms with Crippen molar-refractivity contribution in [1.82, 2.24) is 19.1 Å². The van der Waals surface area contributed by atoms with Crippen LogP contribution in [0.5, 0.6) is 0 Å². The fourth-order valence-corrected chi connectivity index (χ4v) is 12.2. The number of hydrogen-bond acceptors (Lipinski definition) is 6. The van der Waals surface area contributed by atoms with Crippen LogP contribution in [0.15, 0.2) is 180 Å². The molecule has 0 aliphatic carbocycles. The zero-order valence-electron chi connectivity index (χ0n) is 39.7. The molecule has 0 saturated heterocycles.